The second-order valence-electron chi connectivity index (χ2n) is 7.88. The predicted octanol–water partition coefficient (Wildman–Crippen LogP) is 3.52. The van der Waals surface area contributed by atoms with Crippen molar-refractivity contribution in [2.75, 3.05) is 27.2 Å². The van der Waals surface area contributed by atoms with E-state index in [0.29, 0.717) is 23.7 Å². The van der Waals surface area contributed by atoms with Crippen molar-refractivity contribution in [3.05, 3.63) is 51.8 Å². The molecule has 0 saturated heterocycles. The van der Waals surface area contributed by atoms with Crippen LogP contribution in [0.1, 0.15) is 41.2 Å². The molecule has 1 N–H and O–H groups in total. The van der Waals surface area contributed by atoms with Crippen molar-refractivity contribution in [3.63, 3.8) is 0 Å². The molecule has 0 radical (unpaired) electrons. The molecule has 5 nitrogen and oxygen atoms in total. The SMILES string of the molecule is Cc1nn(Cc2ccccc2Cl)c(C)c1C(=O)NCC(C)(C)CN(C)C. The van der Waals surface area contributed by atoms with Gasteiger partial charge in [0.25, 0.3) is 5.91 Å². The van der Waals surface area contributed by atoms with Gasteiger partial charge in [-0.15, -0.1) is 0 Å². The maximum atomic E-state index is 12.7. The monoisotopic (exact) mass is 376 g/mol. The molecule has 0 aliphatic carbocycles. The molecule has 0 atom stereocenters. The van der Waals surface area contributed by atoms with Gasteiger partial charge in [-0.25, -0.2) is 0 Å². The third-order valence-corrected chi connectivity index (χ3v) is 4.73. The van der Waals surface area contributed by atoms with Crippen LogP contribution >= 0.6 is 11.6 Å². The number of hydrogen-bond acceptors (Lipinski definition) is 3. The van der Waals surface area contributed by atoms with E-state index in [2.05, 4.69) is 29.2 Å². The lowest BCUT2D eigenvalue weighted by Gasteiger charge is -2.28. The average molecular weight is 377 g/mol. The number of benzene rings is 1. The van der Waals surface area contributed by atoms with Crippen LogP contribution in [0.2, 0.25) is 5.02 Å². The van der Waals surface area contributed by atoms with Crippen LogP contribution in [-0.2, 0) is 6.54 Å². The number of nitrogens with zero attached hydrogens (tertiary/aromatic N) is 3. The average Bonchev–Trinajstić information content (AvgIpc) is 2.80. The molecule has 1 aromatic heterocycles. The minimum absolute atomic E-state index is 0.00543. The molecule has 1 heterocycles. The summed E-state index contributed by atoms with van der Waals surface area (Å²) in [6, 6.07) is 7.69. The van der Waals surface area contributed by atoms with Gasteiger partial charge in [-0.3, -0.25) is 9.48 Å². The third-order valence-electron chi connectivity index (χ3n) is 4.36. The zero-order valence-electron chi connectivity index (χ0n) is 16.6. The molecule has 1 aromatic carbocycles. The highest BCUT2D eigenvalue weighted by atomic mass is 35.5. The Labute approximate surface area is 161 Å². The van der Waals surface area contributed by atoms with E-state index in [9.17, 15) is 4.79 Å². The van der Waals surface area contributed by atoms with Gasteiger partial charge in [0, 0.05) is 23.8 Å². The Morgan fingerprint density at radius 2 is 1.92 bits per heavy atom. The standard InChI is InChI=1S/C20H29ClN4O/c1-14-18(19(26)22-12-20(3,4)13-24(5)6)15(2)25(23-14)11-16-9-7-8-10-17(16)21/h7-10H,11-13H2,1-6H3,(H,22,26). The Balaban J connectivity index is 2.14. The van der Waals surface area contributed by atoms with Gasteiger partial charge >= 0.3 is 0 Å². The Bertz CT molecular complexity index is 780. The first-order valence-corrected chi connectivity index (χ1v) is 9.19. The molecule has 2 rings (SSSR count). The van der Waals surface area contributed by atoms with E-state index in [0.717, 1.165) is 23.5 Å². The summed E-state index contributed by atoms with van der Waals surface area (Å²) in [5.41, 5.74) is 3.22. The van der Waals surface area contributed by atoms with Crippen molar-refractivity contribution >= 4 is 17.5 Å². The summed E-state index contributed by atoms with van der Waals surface area (Å²) in [6.45, 7) is 10.1. The summed E-state index contributed by atoms with van der Waals surface area (Å²) in [7, 11) is 4.08. The predicted molar refractivity (Wildman–Crippen MR) is 107 cm³/mol. The molecule has 0 bridgehead atoms. The first-order valence-electron chi connectivity index (χ1n) is 8.81. The minimum Gasteiger partial charge on any atom is -0.351 e. The fourth-order valence-electron chi connectivity index (χ4n) is 3.29. The Morgan fingerprint density at radius 3 is 2.54 bits per heavy atom. The fourth-order valence-corrected chi connectivity index (χ4v) is 3.48. The molecule has 2 aromatic rings. The fraction of sp³-hybridized carbons (Fsp3) is 0.500. The summed E-state index contributed by atoms with van der Waals surface area (Å²) in [5.74, 6) is -0.0720. The number of rotatable bonds is 7. The lowest BCUT2D eigenvalue weighted by Crippen LogP contribution is -2.40. The summed E-state index contributed by atoms with van der Waals surface area (Å²) >= 11 is 6.25. The smallest absolute Gasteiger partial charge is 0.255 e. The lowest BCUT2D eigenvalue weighted by atomic mass is 9.93. The summed E-state index contributed by atoms with van der Waals surface area (Å²) in [6.07, 6.45) is 0. The number of halogens is 1. The van der Waals surface area contributed by atoms with Gasteiger partial charge in [0.2, 0.25) is 0 Å². The molecule has 142 valence electrons. The number of carbonyl (C=O) groups excluding carboxylic acids is 1. The quantitative estimate of drug-likeness (QED) is 0.804. The van der Waals surface area contributed by atoms with Gasteiger partial charge in [0.1, 0.15) is 0 Å². The number of nitrogens with one attached hydrogen (secondary N) is 1. The highest BCUT2D eigenvalue weighted by Gasteiger charge is 2.23. The van der Waals surface area contributed by atoms with E-state index in [-0.39, 0.29) is 11.3 Å². The van der Waals surface area contributed by atoms with Crippen LogP contribution in [0.25, 0.3) is 0 Å². The molecule has 0 spiro atoms. The van der Waals surface area contributed by atoms with E-state index in [1.807, 2.05) is 56.9 Å². The van der Waals surface area contributed by atoms with Gasteiger partial charge in [0.05, 0.1) is 17.8 Å². The van der Waals surface area contributed by atoms with Crippen molar-refractivity contribution in [1.82, 2.24) is 20.0 Å². The summed E-state index contributed by atoms with van der Waals surface area (Å²) in [4.78, 5) is 14.9. The number of amides is 1. The van der Waals surface area contributed by atoms with Crippen molar-refractivity contribution in [2.24, 2.45) is 5.41 Å². The molecule has 26 heavy (non-hydrogen) atoms. The molecule has 0 fully saturated rings. The Kier molecular flexibility index (Phi) is 6.48. The molecular weight excluding hydrogens is 348 g/mol. The van der Waals surface area contributed by atoms with Crippen molar-refractivity contribution < 1.29 is 4.79 Å². The molecule has 0 aliphatic heterocycles. The first-order chi connectivity index (χ1) is 12.1. The van der Waals surface area contributed by atoms with Crippen molar-refractivity contribution in [1.29, 1.82) is 0 Å². The van der Waals surface area contributed by atoms with Crippen LogP contribution < -0.4 is 5.32 Å². The van der Waals surface area contributed by atoms with E-state index in [1.165, 1.54) is 0 Å². The third kappa shape index (κ3) is 5.08. The normalized spacial score (nSPS) is 11.8. The maximum absolute atomic E-state index is 12.7. The van der Waals surface area contributed by atoms with Crippen molar-refractivity contribution in [2.45, 2.75) is 34.2 Å². The number of hydrogen-bond donors (Lipinski definition) is 1. The van der Waals surface area contributed by atoms with Crippen LogP contribution in [-0.4, -0.2) is 47.8 Å². The summed E-state index contributed by atoms with van der Waals surface area (Å²) in [5, 5.41) is 8.32. The van der Waals surface area contributed by atoms with Gasteiger partial charge in [0.15, 0.2) is 0 Å². The number of aromatic nitrogens is 2. The number of carbonyl (C=O) groups is 1. The van der Waals surface area contributed by atoms with E-state index >= 15 is 0 Å². The van der Waals surface area contributed by atoms with Gasteiger partial charge in [-0.1, -0.05) is 43.6 Å². The van der Waals surface area contributed by atoms with Gasteiger partial charge in [-0.05, 0) is 45.0 Å². The topological polar surface area (TPSA) is 50.2 Å². The van der Waals surface area contributed by atoms with Crippen LogP contribution in [0.5, 0.6) is 0 Å². The lowest BCUT2D eigenvalue weighted by molar-refractivity contribution is 0.0928. The second kappa shape index (κ2) is 8.23. The van der Waals surface area contributed by atoms with E-state index in [1.54, 1.807) is 0 Å². The van der Waals surface area contributed by atoms with E-state index < -0.39 is 0 Å². The Hall–Kier alpha value is -1.85. The van der Waals surface area contributed by atoms with Crippen molar-refractivity contribution in [3.8, 4) is 0 Å². The van der Waals surface area contributed by atoms with Gasteiger partial charge < -0.3 is 10.2 Å². The Morgan fingerprint density at radius 1 is 1.27 bits per heavy atom. The zero-order valence-corrected chi connectivity index (χ0v) is 17.3. The molecule has 6 heteroatoms. The zero-order chi connectivity index (χ0) is 19.5. The van der Waals surface area contributed by atoms with Crippen LogP contribution in [0.15, 0.2) is 24.3 Å². The molecule has 0 aliphatic rings. The summed E-state index contributed by atoms with van der Waals surface area (Å²) < 4.78 is 1.84. The molecule has 0 unspecified atom stereocenters. The molecule has 0 saturated carbocycles. The molecular formula is C20H29ClN4O. The van der Waals surface area contributed by atoms with Crippen LogP contribution in [0.3, 0.4) is 0 Å². The van der Waals surface area contributed by atoms with Crippen LogP contribution in [0, 0.1) is 19.3 Å². The second-order valence-corrected chi connectivity index (χ2v) is 8.29. The van der Waals surface area contributed by atoms with E-state index in [4.69, 9.17) is 11.6 Å². The highest BCUT2D eigenvalue weighted by molar-refractivity contribution is 6.31. The first kappa shape index (κ1) is 20.5. The largest absolute Gasteiger partial charge is 0.351 e. The maximum Gasteiger partial charge on any atom is 0.255 e. The molecule has 1 amide bonds. The number of aryl methyl sites for hydroxylation is 1. The van der Waals surface area contributed by atoms with Crippen LogP contribution in [0.4, 0.5) is 0 Å². The minimum atomic E-state index is -0.0720. The van der Waals surface area contributed by atoms with Gasteiger partial charge in [-0.2, -0.15) is 5.10 Å². The highest BCUT2D eigenvalue weighted by Crippen LogP contribution is 2.20.